The van der Waals surface area contributed by atoms with Crippen LogP contribution < -0.4 is 16.4 Å². The monoisotopic (exact) mass is 408 g/mol. The Labute approximate surface area is 163 Å². The maximum absolute atomic E-state index is 13.2. The highest BCUT2D eigenvalue weighted by atomic mass is 35.5. The van der Waals surface area contributed by atoms with Crippen molar-refractivity contribution >= 4 is 11.6 Å². The van der Waals surface area contributed by atoms with Crippen LogP contribution in [0.2, 0.25) is 5.02 Å². The third-order valence-electron chi connectivity index (χ3n) is 4.49. The zero-order chi connectivity index (χ0) is 19.7. The van der Waals surface area contributed by atoms with Gasteiger partial charge in [-0.05, 0) is 29.3 Å². The van der Waals surface area contributed by atoms with Crippen LogP contribution in [0.3, 0.4) is 0 Å². The Balaban J connectivity index is 1.57. The van der Waals surface area contributed by atoms with Crippen molar-refractivity contribution in [2.45, 2.75) is 24.8 Å². The number of benzene rings is 1. The first-order valence-electron chi connectivity index (χ1n) is 8.46. The average Bonchev–Trinajstić information content (AvgIpc) is 3.33. The quantitative estimate of drug-likeness (QED) is 0.618. The van der Waals surface area contributed by atoms with Gasteiger partial charge >= 0.3 is 6.18 Å². The predicted molar refractivity (Wildman–Crippen MR) is 98.0 cm³/mol. The zero-order valence-electron chi connectivity index (χ0n) is 14.4. The van der Waals surface area contributed by atoms with Crippen molar-refractivity contribution in [3.8, 4) is 11.4 Å². The normalized spacial score (nSPS) is 19.9. The van der Waals surface area contributed by atoms with Gasteiger partial charge in [-0.2, -0.15) is 18.7 Å². The van der Waals surface area contributed by atoms with Crippen molar-refractivity contribution in [2.24, 2.45) is 0 Å². The molecule has 3 aromatic rings. The van der Waals surface area contributed by atoms with Gasteiger partial charge in [-0.1, -0.05) is 29.8 Å². The molecule has 0 bridgehead atoms. The molecule has 1 aliphatic rings. The molecule has 146 valence electrons. The van der Waals surface area contributed by atoms with Crippen LogP contribution in [0, 0.1) is 0 Å². The van der Waals surface area contributed by atoms with E-state index in [0.29, 0.717) is 28.5 Å². The largest absolute Gasteiger partial charge is 0.407 e. The first kappa shape index (κ1) is 18.9. The maximum atomic E-state index is 13.2. The Hall–Kier alpha value is -2.46. The fourth-order valence-electron chi connectivity index (χ4n) is 3.09. The summed E-state index contributed by atoms with van der Waals surface area (Å²) in [5.41, 5.74) is 9.60. The number of halogens is 4. The first-order chi connectivity index (χ1) is 13.4. The van der Waals surface area contributed by atoms with Crippen molar-refractivity contribution in [3.05, 3.63) is 71.3 Å². The van der Waals surface area contributed by atoms with Gasteiger partial charge in [0.2, 0.25) is 0 Å². The number of aromatic nitrogens is 3. The van der Waals surface area contributed by atoms with Crippen LogP contribution in [0.5, 0.6) is 0 Å². The smallest absolute Gasteiger partial charge is 0.332 e. The molecule has 3 N–H and O–H groups in total. The minimum absolute atomic E-state index is 0.450. The molecule has 2 atom stereocenters. The summed E-state index contributed by atoms with van der Waals surface area (Å²) in [6.07, 6.45) is 0.504. The standard InChI is InChI=1S/C18H16ClF3N6/c19-13-4-2-1-3-12(13)8-28-9-15(24-10-28)14-7-11(5-6-23-14)16-17(18(20,21)22)26-27-25-16/h1-7,9-10,16-17,25-27H,8H2. The van der Waals surface area contributed by atoms with Gasteiger partial charge in [0.1, 0.15) is 11.7 Å². The SMILES string of the molecule is FC(F)(F)C1NNNC1c1ccnc(-c2cn(Cc3ccccc3Cl)cn2)c1. The van der Waals surface area contributed by atoms with E-state index in [1.807, 2.05) is 28.8 Å². The molecule has 0 saturated carbocycles. The molecule has 6 nitrogen and oxygen atoms in total. The molecule has 1 fully saturated rings. The summed E-state index contributed by atoms with van der Waals surface area (Å²) < 4.78 is 41.4. The van der Waals surface area contributed by atoms with Crippen LogP contribution in [0.15, 0.2) is 55.1 Å². The summed E-state index contributed by atoms with van der Waals surface area (Å²) in [5.74, 6) is 0. The van der Waals surface area contributed by atoms with Gasteiger partial charge in [-0.3, -0.25) is 4.98 Å². The van der Waals surface area contributed by atoms with Gasteiger partial charge in [-0.15, -0.1) is 0 Å². The van der Waals surface area contributed by atoms with E-state index in [-0.39, 0.29) is 0 Å². The molecule has 0 radical (unpaired) electrons. The van der Waals surface area contributed by atoms with Crippen LogP contribution in [0.25, 0.3) is 11.4 Å². The molecule has 2 unspecified atom stereocenters. The highest BCUT2D eigenvalue weighted by Gasteiger charge is 2.48. The molecule has 4 rings (SSSR count). The predicted octanol–water partition coefficient (Wildman–Crippen LogP) is 3.23. The fraction of sp³-hybridized carbons (Fsp3) is 0.222. The summed E-state index contributed by atoms with van der Waals surface area (Å²) in [7, 11) is 0. The van der Waals surface area contributed by atoms with E-state index in [4.69, 9.17) is 11.6 Å². The molecule has 0 aliphatic carbocycles. The lowest BCUT2D eigenvalue weighted by Crippen LogP contribution is -2.43. The Morgan fingerprint density at radius 2 is 1.89 bits per heavy atom. The van der Waals surface area contributed by atoms with E-state index in [9.17, 15) is 13.2 Å². The lowest BCUT2D eigenvalue weighted by molar-refractivity contribution is -0.156. The van der Waals surface area contributed by atoms with Crippen molar-refractivity contribution < 1.29 is 13.2 Å². The highest BCUT2D eigenvalue weighted by molar-refractivity contribution is 6.31. The summed E-state index contributed by atoms with van der Waals surface area (Å²) in [6.45, 7) is 0.528. The average molecular weight is 409 g/mol. The number of hydrogen-bond acceptors (Lipinski definition) is 5. The molecular weight excluding hydrogens is 393 g/mol. The number of imidazole rings is 1. The number of hydrazine groups is 2. The van der Waals surface area contributed by atoms with Crippen LogP contribution in [0.4, 0.5) is 13.2 Å². The van der Waals surface area contributed by atoms with E-state index in [0.717, 1.165) is 5.56 Å². The van der Waals surface area contributed by atoms with Gasteiger partial charge in [0.15, 0.2) is 0 Å². The number of nitrogens with zero attached hydrogens (tertiary/aromatic N) is 3. The first-order valence-corrected chi connectivity index (χ1v) is 8.84. The Morgan fingerprint density at radius 3 is 2.68 bits per heavy atom. The second kappa shape index (κ2) is 7.51. The van der Waals surface area contributed by atoms with E-state index >= 15 is 0 Å². The summed E-state index contributed by atoms with van der Waals surface area (Å²) >= 11 is 6.19. The van der Waals surface area contributed by atoms with Crippen LogP contribution in [-0.2, 0) is 6.54 Å². The van der Waals surface area contributed by atoms with E-state index in [1.165, 1.54) is 6.20 Å². The minimum atomic E-state index is -4.40. The molecule has 0 amide bonds. The van der Waals surface area contributed by atoms with Crippen LogP contribution in [-0.4, -0.2) is 26.8 Å². The molecule has 2 aromatic heterocycles. The number of alkyl halides is 3. The summed E-state index contributed by atoms with van der Waals surface area (Å²) in [6, 6.07) is 7.92. The third kappa shape index (κ3) is 3.88. The van der Waals surface area contributed by atoms with E-state index in [2.05, 4.69) is 26.4 Å². The van der Waals surface area contributed by atoms with Crippen molar-refractivity contribution in [1.82, 2.24) is 30.9 Å². The second-order valence-electron chi connectivity index (χ2n) is 6.41. The Kier molecular flexibility index (Phi) is 5.07. The number of pyridine rings is 1. The van der Waals surface area contributed by atoms with Gasteiger partial charge in [0.25, 0.3) is 0 Å². The number of hydrogen-bond donors (Lipinski definition) is 3. The topological polar surface area (TPSA) is 66.8 Å². The van der Waals surface area contributed by atoms with Crippen LogP contribution in [0.1, 0.15) is 17.2 Å². The van der Waals surface area contributed by atoms with Crippen molar-refractivity contribution in [1.29, 1.82) is 0 Å². The lowest BCUT2D eigenvalue weighted by Gasteiger charge is -2.21. The molecule has 1 aromatic carbocycles. The molecule has 0 spiro atoms. The summed E-state index contributed by atoms with van der Waals surface area (Å²) in [4.78, 5) is 8.59. The highest BCUT2D eigenvalue weighted by Crippen LogP contribution is 2.32. The third-order valence-corrected chi connectivity index (χ3v) is 4.86. The van der Waals surface area contributed by atoms with E-state index < -0.39 is 18.3 Å². The molecule has 3 heterocycles. The van der Waals surface area contributed by atoms with Gasteiger partial charge in [0, 0.05) is 24.0 Å². The number of rotatable bonds is 4. The van der Waals surface area contributed by atoms with Crippen molar-refractivity contribution in [3.63, 3.8) is 0 Å². The molecule has 1 aliphatic heterocycles. The van der Waals surface area contributed by atoms with E-state index in [1.54, 1.807) is 24.7 Å². The van der Waals surface area contributed by atoms with Crippen LogP contribution >= 0.6 is 11.6 Å². The van der Waals surface area contributed by atoms with Gasteiger partial charge in [-0.25, -0.2) is 15.8 Å². The van der Waals surface area contributed by atoms with Gasteiger partial charge in [0.05, 0.1) is 18.1 Å². The molecule has 1 saturated heterocycles. The lowest BCUT2D eigenvalue weighted by atomic mass is 10.0. The maximum Gasteiger partial charge on any atom is 0.407 e. The zero-order valence-corrected chi connectivity index (χ0v) is 15.2. The van der Waals surface area contributed by atoms with Gasteiger partial charge < -0.3 is 4.57 Å². The Morgan fingerprint density at radius 1 is 1.07 bits per heavy atom. The molecular formula is C18H16ClF3N6. The minimum Gasteiger partial charge on any atom is -0.332 e. The Bertz CT molecular complexity index is 974. The fourth-order valence-corrected chi connectivity index (χ4v) is 3.29. The van der Waals surface area contributed by atoms with Crippen molar-refractivity contribution in [2.75, 3.05) is 0 Å². The summed E-state index contributed by atoms with van der Waals surface area (Å²) in [5, 5.41) is 0.656. The molecule has 10 heteroatoms. The second-order valence-corrected chi connectivity index (χ2v) is 6.81. The molecule has 28 heavy (non-hydrogen) atoms. The number of nitrogens with one attached hydrogen (secondary N) is 3.